The number of carbonyl (C=O) groups is 1. The van der Waals surface area contributed by atoms with E-state index in [1.54, 1.807) is 18.2 Å². The van der Waals surface area contributed by atoms with E-state index in [9.17, 15) is 9.18 Å². The highest BCUT2D eigenvalue weighted by Crippen LogP contribution is 2.44. The third-order valence-corrected chi connectivity index (χ3v) is 6.47. The number of anilines is 1. The molecule has 0 bridgehead atoms. The summed E-state index contributed by atoms with van der Waals surface area (Å²) in [5.74, 6) is 0.906. The van der Waals surface area contributed by atoms with E-state index in [0.29, 0.717) is 40.9 Å². The minimum absolute atomic E-state index is 0.161. The Morgan fingerprint density at radius 2 is 2.00 bits per heavy atom. The highest BCUT2D eigenvalue weighted by molar-refractivity contribution is 7.99. The van der Waals surface area contributed by atoms with Crippen molar-refractivity contribution in [3.8, 4) is 17.1 Å². The van der Waals surface area contributed by atoms with Gasteiger partial charge in [0.05, 0.1) is 5.69 Å². The van der Waals surface area contributed by atoms with Crippen molar-refractivity contribution in [3.63, 3.8) is 0 Å². The number of thioether (sulfide) groups is 1. The predicted octanol–water partition coefficient (Wildman–Crippen LogP) is 5.96. The lowest BCUT2D eigenvalue weighted by Crippen LogP contribution is -2.38. The van der Waals surface area contributed by atoms with Gasteiger partial charge in [-0.3, -0.25) is 9.69 Å². The summed E-state index contributed by atoms with van der Waals surface area (Å²) in [7, 11) is 0. The Bertz CT molecular complexity index is 1170. The number of hydrogen-bond donors (Lipinski definition) is 0. The average molecular weight is 467 g/mol. The first-order chi connectivity index (χ1) is 15.9. The fraction of sp³-hybridized carbons (Fsp3) is 0.360. The van der Waals surface area contributed by atoms with Crippen molar-refractivity contribution >= 4 is 23.4 Å². The summed E-state index contributed by atoms with van der Waals surface area (Å²) in [6, 6.07) is 12.1. The monoisotopic (exact) mass is 466 g/mol. The SMILES string of the molecule is CCCC(=O)N1c2ccc(C)cc2-c2nnc(SCC(C)C)nc2OC1c1ccccc1F. The number of amides is 1. The van der Waals surface area contributed by atoms with E-state index in [1.165, 1.54) is 22.7 Å². The molecule has 6 nitrogen and oxygen atoms in total. The van der Waals surface area contributed by atoms with Gasteiger partial charge in [-0.15, -0.1) is 10.2 Å². The number of nitrogens with zero attached hydrogens (tertiary/aromatic N) is 4. The maximum Gasteiger partial charge on any atom is 0.247 e. The van der Waals surface area contributed by atoms with Crippen molar-refractivity contribution in [2.24, 2.45) is 5.92 Å². The molecule has 0 N–H and O–H groups in total. The fourth-order valence-corrected chi connectivity index (χ4v) is 4.39. The van der Waals surface area contributed by atoms with Crippen LogP contribution in [0.1, 0.15) is 51.0 Å². The highest BCUT2D eigenvalue weighted by atomic mass is 32.2. The van der Waals surface area contributed by atoms with Crippen molar-refractivity contribution in [3.05, 3.63) is 59.4 Å². The maximum absolute atomic E-state index is 15.0. The van der Waals surface area contributed by atoms with E-state index in [-0.39, 0.29) is 17.4 Å². The molecular weight excluding hydrogens is 439 g/mol. The molecule has 1 aliphatic rings. The molecule has 1 aromatic heterocycles. The molecule has 1 aliphatic heterocycles. The van der Waals surface area contributed by atoms with Gasteiger partial charge in [0.1, 0.15) is 5.82 Å². The van der Waals surface area contributed by atoms with Gasteiger partial charge in [-0.25, -0.2) is 4.39 Å². The van der Waals surface area contributed by atoms with Gasteiger partial charge < -0.3 is 4.74 Å². The zero-order valence-corrected chi connectivity index (χ0v) is 20.0. The van der Waals surface area contributed by atoms with E-state index in [4.69, 9.17) is 4.74 Å². The Labute approximate surface area is 197 Å². The smallest absolute Gasteiger partial charge is 0.247 e. The number of rotatable bonds is 6. The Morgan fingerprint density at radius 3 is 2.73 bits per heavy atom. The number of aromatic nitrogens is 3. The van der Waals surface area contributed by atoms with Crippen LogP contribution in [-0.4, -0.2) is 26.8 Å². The first-order valence-corrected chi connectivity index (χ1v) is 12.1. The Hall–Kier alpha value is -3.00. The Balaban J connectivity index is 1.92. The molecule has 8 heteroatoms. The molecule has 0 spiro atoms. The molecule has 4 rings (SSSR count). The zero-order chi connectivity index (χ0) is 23.5. The van der Waals surface area contributed by atoms with Crippen LogP contribution < -0.4 is 9.64 Å². The van der Waals surface area contributed by atoms with E-state index in [2.05, 4.69) is 29.0 Å². The van der Waals surface area contributed by atoms with Crippen LogP contribution >= 0.6 is 11.8 Å². The summed E-state index contributed by atoms with van der Waals surface area (Å²) in [5, 5.41) is 9.22. The van der Waals surface area contributed by atoms with Crippen molar-refractivity contribution in [1.29, 1.82) is 0 Å². The first-order valence-electron chi connectivity index (χ1n) is 11.1. The van der Waals surface area contributed by atoms with Crippen LogP contribution in [0.4, 0.5) is 10.1 Å². The van der Waals surface area contributed by atoms with Crippen LogP contribution in [-0.2, 0) is 4.79 Å². The zero-order valence-electron chi connectivity index (χ0n) is 19.2. The number of aryl methyl sites for hydroxylation is 1. The van der Waals surface area contributed by atoms with Crippen molar-refractivity contribution < 1.29 is 13.9 Å². The number of carbonyl (C=O) groups excluding carboxylic acids is 1. The molecule has 0 saturated heterocycles. The van der Waals surface area contributed by atoms with E-state index in [0.717, 1.165) is 11.3 Å². The minimum atomic E-state index is -1.02. The van der Waals surface area contributed by atoms with Gasteiger partial charge in [0.15, 0.2) is 5.69 Å². The number of halogens is 1. The molecule has 0 radical (unpaired) electrons. The summed E-state index contributed by atoms with van der Waals surface area (Å²) in [6.45, 7) is 8.13. The molecular formula is C25H27FN4O2S. The summed E-state index contributed by atoms with van der Waals surface area (Å²) in [5.41, 5.74) is 2.98. The van der Waals surface area contributed by atoms with Crippen LogP contribution in [0.2, 0.25) is 0 Å². The van der Waals surface area contributed by atoms with Crippen molar-refractivity contribution in [2.75, 3.05) is 10.7 Å². The van der Waals surface area contributed by atoms with Crippen molar-refractivity contribution in [2.45, 2.75) is 51.9 Å². The third-order valence-electron chi connectivity index (χ3n) is 5.21. The minimum Gasteiger partial charge on any atom is -0.447 e. The Morgan fingerprint density at radius 1 is 1.21 bits per heavy atom. The van der Waals surface area contributed by atoms with Gasteiger partial charge in [0, 0.05) is 23.3 Å². The van der Waals surface area contributed by atoms with Crippen LogP contribution in [0.5, 0.6) is 5.88 Å². The molecule has 1 unspecified atom stereocenters. The van der Waals surface area contributed by atoms with Gasteiger partial charge in [-0.05, 0) is 37.5 Å². The Kier molecular flexibility index (Phi) is 6.93. The fourth-order valence-electron chi connectivity index (χ4n) is 3.66. The largest absolute Gasteiger partial charge is 0.447 e. The van der Waals surface area contributed by atoms with E-state index in [1.807, 2.05) is 32.0 Å². The van der Waals surface area contributed by atoms with Gasteiger partial charge in [-0.2, -0.15) is 4.98 Å². The quantitative estimate of drug-likeness (QED) is 0.418. The molecule has 2 heterocycles. The van der Waals surface area contributed by atoms with Gasteiger partial charge in [0.25, 0.3) is 0 Å². The summed E-state index contributed by atoms with van der Waals surface area (Å²) in [4.78, 5) is 19.5. The topological polar surface area (TPSA) is 68.2 Å². The third kappa shape index (κ3) is 4.85. The van der Waals surface area contributed by atoms with Gasteiger partial charge in [0.2, 0.25) is 23.2 Å². The molecule has 0 saturated carbocycles. The van der Waals surface area contributed by atoms with Gasteiger partial charge in [-0.1, -0.05) is 62.4 Å². The second-order valence-corrected chi connectivity index (χ2v) is 9.47. The first kappa shape index (κ1) is 23.2. The lowest BCUT2D eigenvalue weighted by Gasteiger charge is -2.31. The summed E-state index contributed by atoms with van der Waals surface area (Å²) < 4.78 is 21.3. The van der Waals surface area contributed by atoms with Crippen LogP contribution in [0.25, 0.3) is 11.3 Å². The van der Waals surface area contributed by atoms with Crippen molar-refractivity contribution in [1.82, 2.24) is 15.2 Å². The second kappa shape index (κ2) is 9.87. The summed E-state index contributed by atoms with van der Waals surface area (Å²) >= 11 is 1.49. The maximum atomic E-state index is 15.0. The van der Waals surface area contributed by atoms with Gasteiger partial charge >= 0.3 is 0 Å². The predicted molar refractivity (Wildman–Crippen MR) is 128 cm³/mol. The molecule has 2 aromatic carbocycles. The normalized spacial score (nSPS) is 15.0. The second-order valence-electron chi connectivity index (χ2n) is 8.48. The molecule has 0 aliphatic carbocycles. The number of hydrogen-bond acceptors (Lipinski definition) is 6. The number of ether oxygens (including phenoxy) is 1. The number of benzene rings is 2. The summed E-state index contributed by atoms with van der Waals surface area (Å²) in [6.07, 6.45) is -0.0683. The van der Waals surface area contributed by atoms with E-state index >= 15 is 0 Å². The molecule has 33 heavy (non-hydrogen) atoms. The molecule has 1 atom stereocenters. The lowest BCUT2D eigenvalue weighted by molar-refractivity contribution is -0.120. The highest BCUT2D eigenvalue weighted by Gasteiger charge is 2.37. The average Bonchev–Trinajstić information content (AvgIpc) is 2.92. The van der Waals surface area contributed by atoms with Crippen LogP contribution in [0.3, 0.4) is 0 Å². The lowest BCUT2D eigenvalue weighted by atomic mass is 10.0. The van der Waals surface area contributed by atoms with Crippen LogP contribution in [0.15, 0.2) is 47.6 Å². The van der Waals surface area contributed by atoms with Crippen LogP contribution in [0, 0.1) is 18.7 Å². The number of fused-ring (bicyclic) bond motifs is 3. The molecule has 1 amide bonds. The molecule has 0 fully saturated rings. The standard InChI is InChI=1S/C25H27FN4O2S/c1-5-8-21(31)30-20-12-11-16(4)13-18(20)22-23(27-25(29-28-22)33-14-15(2)3)32-24(30)17-9-6-7-10-19(17)26/h6-7,9-13,15,24H,5,8,14H2,1-4H3. The van der Waals surface area contributed by atoms with E-state index < -0.39 is 12.0 Å². The molecule has 172 valence electrons. The molecule has 3 aromatic rings.